The topological polar surface area (TPSA) is 85.5 Å². The van der Waals surface area contributed by atoms with E-state index in [2.05, 4.69) is 0 Å². The van der Waals surface area contributed by atoms with Gasteiger partial charge in [0.1, 0.15) is 0 Å². The second-order valence-corrected chi connectivity index (χ2v) is 0. The van der Waals surface area contributed by atoms with Gasteiger partial charge in [-0.05, 0) is 0 Å². The third-order valence-electron chi connectivity index (χ3n) is 0. The van der Waals surface area contributed by atoms with Crippen molar-refractivity contribution in [3.8, 4) is 0 Å². The Kier molecular flexibility index (Phi) is 1420. The maximum absolute atomic E-state index is 0. The number of hydrogen-bond donors (Lipinski definition) is 0. The van der Waals surface area contributed by atoms with Crippen molar-refractivity contribution in [3.05, 3.63) is 0 Å². The molecule has 0 aliphatic carbocycles. The Morgan fingerprint density at radius 2 is 0.429 bits per heavy atom. The fourth-order valence-electron chi connectivity index (χ4n) is 0. The zero-order chi connectivity index (χ0) is 0. The molecule has 0 bridgehead atoms. The van der Waals surface area contributed by atoms with Crippen LogP contribution in [-0.4, -0.2) is 34.7 Å². The standard InChI is InChI=1S/2Al.2Mo.3O/q2*+3;;;3*-2. The van der Waals surface area contributed by atoms with Gasteiger partial charge in [0, 0.05) is 42.1 Å². The van der Waals surface area contributed by atoms with E-state index in [0.717, 1.165) is 0 Å². The molecule has 0 fully saturated rings. The van der Waals surface area contributed by atoms with Gasteiger partial charge in [0.25, 0.3) is 0 Å². The summed E-state index contributed by atoms with van der Waals surface area (Å²) in [6.07, 6.45) is 0. The SMILES string of the molecule is [Al+3].[Al+3].[Mo].[Mo].[O-2].[O-2].[O-2]. The van der Waals surface area contributed by atoms with Crippen LogP contribution in [0.1, 0.15) is 0 Å². The maximum atomic E-state index is 0. The Bertz CT molecular complexity index is 10.9. The summed E-state index contributed by atoms with van der Waals surface area (Å²) in [4.78, 5) is 0. The fourth-order valence-corrected chi connectivity index (χ4v) is 0. The van der Waals surface area contributed by atoms with Crippen molar-refractivity contribution in [1.29, 1.82) is 0 Å². The zero-order valence-corrected chi connectivity index (χ0v) is 9.52. The smallest absolute Gasteiger partial charge is 2.00 e. The molecule has 0 aromatic carbocycles. The molecule has 0 spiro atoms. The first-order chi connectivity index (χ1) is 0. The first-order valence-corrected chi connectivity index (χ1v) is 0. The molecule has 0 aromatic rings. The summed E-state index contributed by atoms with van der Waals surface area (Å²) in [6.45, 7) is 0. The van der Waals surface area contributed by atoms with Crippen molar-refractivity contribution in [2.75, 3.05) is 0 Å². The molecular formula is Al2Mo2O3. The van der Waals surface area contributed by atoms with Gasteiger partial charge in [-0.3, -0.25) is 0 Å². The summed E-state index contributed by atoms with van der Waals surface area (Å²) >= 11 is 0. The Labute approximate surface area is 92.3 Å². The molecule has 7 heavy (non-hydrogen) atoms. The molecule has 0 aliphatic heterocycles. The van der Waals surface area contributed by atoms with Gasteiger partial charge < -0.3 is 16.4 Å². The van der Waals surface area contributed by atoms with E-state index < -0.39 is 0 Å². The molecule has 0 amide bonds. The summed E-state index contributed by atoms with van der Waals surface area (Å²) in [5, 5.41) is 0. The third-order valence-corrected chi connectivity index (χ3v) is 0. The largest absolute Gasteiger partial charge is 3.00 e. The van der Waals surface area contributed by atoms with Crippen molar-refractivity contribution in [3.63, 3.8) is 0 Å². The van der Waals surface area contributed by atoms with Gasteiger partial charge in [-0.15, -0.1) is 0 Å². The zero-order valence-electron chi connectivity index (χ0n) is 3.20. The Morgan fingerprint density at radius 1 is 0.429 bits per heavy atom. The van der Waals surface area contributed by atoms with Crippen LogP contribution in [0.5, 0.6) is 0 Å². The molecule has 0 aromatic heterocycles. The van der Waals surface area contributed by atoms with Crippen LogP contribution in [-0.2, 0) is 58.6 Å². The molecule has 0 radical (unpaired) electrons. The molecule has 3 nitrogen and oxygen atoms in total. The van der Waals surface area contributed by atoms with E-state index in [9.17, 15) is 0 Å². The van der Waals surface area contributed by atoms with E-state index in [-0.39, 0.29) is 93.3 Å². The van der Waals surface area contributed by atoms with E-state index >= 15 is 0 Å². The molecule has 0 N–H and O–H groups in total. The van der Waals surface area contributed by atoms with E-state index in [0.29, 0.717) is 0 Å². The normalized spacial score (nSPS) is 0. The average molecular weight is 294 g/mol. The maximum Gasteiger partial charge on any atom is 3.00 e. The van der Waals surface area contributed by atoms with Crippen molar-refractivity contribution in [2.45, 2.75) is 0 Å². The van der Waals surface area contributed by atoms with Gasteiger partial charge in [-0.2, -0.15) is 0 Å². The first-order valence-electron chi connectivity index (χ1n) is 0. The molecule has 0 rings (SSSR count). The minimum atomic E-state index is 0. The quantitative estimate of drug-likeness (QED) is 0.507. The monoisotopic (exact) mass is 298 g/mol. The van der Waals surface area contributed by atoms with E-state index in [1.54, 1.807) is 0 Å². The second-order valence-electron chi connectivity index (χ2n) is 0. The summed E-state index contributed by atoms with van der Waals surface area (Å²) < 4.78 is 0. The van der Waals surface area contributed by atoms with Gasteiger partial charge in [-0.25, -0.2) is 0 Å². The molecule has 36 valence electrons. The Balaban J connectivity index is 0. The van der Waals surface area contributed by atoms with Gasteiger partial charge in [-0.1, -0.05) is 0 Å². The van der Waals surface area contributed by atoms with Crippen molar-refractivity contribution >= 4 is 34.7 Å². The Morgan fingerprint density at radius 3 is 0.429 bits per heavy atom. The molecule has 0 unspecified atom stereocenters. The fraction of sp³-hybridized carbons (Fsp3) is 0. The summed E-state index contributed by atoms with van der Waals surface area (Å²) in [7, 11) is 0. The molecule has 0 atom stereocenters. The molecular weight excluding hydrogens is 294 g/mol. The van der Waals surface area contributed by atoms with Gasteiger partial charge in [0.05, 0.1) is 0 Å². The van der Waals surface area contributed by atoms with Crippen LogP contribution in [0.3, 0.4) is 0 Å². The molecule has 7 heteroatoms. The number of rotatable bonds is 0. The van der Waals surface area contributed by atoms with Crippen LogP contribution in [0.15, 0.2) is 0 Å². The predicted octanol–water partition coefficient (Wildman–Crippen LogP) is -1.12. The number of hydrogen-bond acceptors (Lipinski definition) is 0. The van der Waals surface area contributed by atoms with Crippen LogP contribution >= 0.6 is 0 Å². The molecule has 0 heterocycles. The van der Waals surface area contributed by atoms with Crippen molar-refractivity contribution in [2.24, 2.45) is 0 Å². The molecule has 0 aliphatic rings. The van der Waals surface area contributed by atoms with Crippen LogP contribution in [0, 0.1) is 0 Å². The second kappa shape index (κ2) is 82.8. The van der Waals surface area contributed by atoms with Gasteiger partial charge in [0.2, 0.25) is 0 Å². The minimum Gasteiger partial charge on any atom is -2.00 e. The van der Waals surface area contributed by atoms with Gasteiger partial charge in [0.15, 0.2) is 0 Å². The summed E-state index contributed by atoms with van der Waals surface area (Å²) in [5.41, 5.74) is 0. The Hall–Kier alpha value is 2.32. The van der Waals surface area contributed by atoms with Crippen LogP contribution in [0.4, 0.5) is 0 Å². The van der Waals surface area contributed by atoms with Crippen molar-refractivity contribution in [1.82, 2.24) is 0 Å². The average Bonchev–Trinajstić information content (AvgIpc) is 0. The molecule has 0 saturated heterocycles. The van der Waals surface area contributed by atoms with Crippen LogP contribution in [0.2, 0.25) is 0 Å². The molecule has 0 saturated carbocycles. The van der Waals surface area contributed by atoms with Crippen LogP contribution in [0.25, 0.3) is 0 Å². The first kappa shape index (κ1) is 120. The van der Waals surface area contributed by atoms with E-state index in [4.69, 9.17) is 0 Å². The van der Waals surface area contributed by atoms with Crippen molar-refractivity contribution < 1.29 is 58.6 Å². The van der Waals surface area contributed by atoms with E-state index in [1.165, 1.54) is 0 Å². The minimum absolute atomic E-state index is 0. The van der Waals surface area contributed by atoms with Gasteiger partial charge >= 0.3 is 34.7 Å². The third kappa shape index (κ3) is 61.7. The van der Waals surface area contributed by atoms with E-state index in [1.807, 2.05) is 0 Å². The van der Waals surface area contributed by atoms with Crippen LogP contribution < -0.4 is 0 Å². The summed E-state index contributed by atoms with van der Waals surface area (Å²) in [6, 6.07) is 0. The predicted molar refractivity (Wildman–Crippen MR) is 13.6 cm³/mol. The summed E-state index contributed by atoms with van der Waals surface area (Å²) in [5.74, 6) is 0.